The van der Waals surface area contributed by atoms with Crippen molar-refractivity contribution >= 4 is 27.5 Å². The Hall–Kier alpha value is -2.92. The molecular formula is C23H26F3N3O4S. The highest BCUT2D eigenvalue weighted by Gasteiger charge is 2.40. The molecule has 11 heteroatoms. The fraction of sp³-hybridized carbons (Fsp3) is 0.391. The molecule has 0 aromatic heterocycles. The van der Waals surface area contributed by atoms with E-state index in [1.807, 2.05) is 6.92 Å². The Bertz CT molecular complexity index is 1140. The number of hydrogen-bond donors (Lipinski definition) is 2. The van der Waals surface area contributed by atoms with Crippen LogP contribution in [0, 0.1) is 5.92 Å². The van der Waals surface area contributed by atoms with Crippen LogP contribution in [-0.2, 0) is 21.0 Å². The minimum absolute atomic E-state index is 0.0920. The molecule has 1 saturated heterocycles. The third-order valence-corrected chi connectivity index (χ3v) is 7.56. The fourth-order valence-electron chi connectivity index (χ4n) is 3.78. The fourth-order valence-corrected chi connectivity index (χ4v) is 5.46. The largest absolute Gasteiger partial charge is 0.417 e. The Balaban J connectivity index is 1.68. The van der Waals surface area contributed by atoms with Gasteiger partial charge in [0.1, 0.15) is 0 Å². The lowest BCUT2D eigenvalue weighted by molar-refractivity contribution is -0.139. The van der Waals surface area contributed by atoms with Crippen molar-refractivity contribution in [2.75, 3.05) is 25.0 Å². The molecule has 184 valence electrons. The number of hydrogen-bond acceptors (Lipinski definition) is 4. The second-order valence-corrected chi connectivity index (χ2v) is 9.87. The van der Waals surface area contributed by atoms with Crippen LogP contribution in [0.2, 0.25) is 0 Å². The van der Waals surface area contributed by atoms with E-state index in [9.17, 15) is 31.2 Å². The van der Waals surface area contributed by atoms with Crippen LogP contribution < -0.4 is 10.6 Å². The van der Waals surface area contributed by atoms with E-state index < -0.39 is 32.6 Å². The van der Waals surface area contributed by atoms with Gasteiger partial charge in [-0.3, -0.25) is 9.59 Å². The Kier molecular flexibility index (Phi) is 7.98. The van der Waals surface area contributed by atoms with Gasteiger partial charge < -0.3 is 10.6 Å². The maximum atomic E-state index is 13.3. The van der Waals surface area contributed by atoms with Crippen molar-refractivity contribution in [3.8, 4) is 0 Å². The van der Waals surface area contributed by atoms with Crippen molar-refractivity contribution in [1.82, 2.24) is 9.62 Å². The number of nitrogens with one attached hydrogen (secondary N) is 2. The molecule has 3 rings (SSSR count). The molecule has 1 aliphatic rings. The van der Waals surface area contributed by atoms with E-state index in [-0.39, 0.29) is 37.7 Å². The normalized spacial score (nSPS) is 15.6. The molecule has 1 heterocycles. The summed E-state index contributed by atoms with van der Waals surface area (Å²) in [5, 5.41) is 5.49. The minimum atomic E-state index is -4.81. The highest BCUT2D eigenvalue weighted by molar-refractivity contribution is 7.89. The van der Waals surface area contributed by atoms with Gasteiger partial charge in [-0.15, -0.1) is 0 Å². The standard InChI is InChI=1S/C23H26F3N3O4S/c1-2-13-27-22(31)17-7-3-5-9-19(17)28-21(30)16-11-14-29(15-12-16)34(32,33)20-10-6-4-8-18(20)23(24,25)26/h3-10,16H,2,11-15H2,1H3,(H,27,31)(H,28,30). The minimum Gasteiger partial charge on any atom is -0.352 e. The van der Waals surface area contributed by atoms with Crippen LogP contribution in [0.1, 0.15) is 42.1 Å². The number of alkyl halides is 3. The van der Waals surface area contributed by atoms with Crippen molar-refractivity contribution in [3.05, 3.63) is 59.7 Å². The quantitative estimate of drug-likeness (QED) is 0.607. The SMILES string of the molecule is CCCNC(=O)c1ccccc1NC(=O)C1CCN(S(=O)(=O)c2ccccc2C(F)(F)F)CC1. The van der Waals surface area contributed by atoms with Gasteiger partial charge in [0.25, 0.3) is 5.91 Å². The molecule has 2 aromatic carbocycles. The van der Waals surface area contributed by atoms with E-state index in [0.29, 0.717) is 17.8 Å². The summed E-state index contributed by atoms with van der Waals surface area (Å²) in [7, 11) is -4.38. The Morgan fingerprint density at radius 3 is 2.29 bits per heavy atom. The van der Waals surface area contributed by atoms with Gasteiger partial charge in [-0.2, -0.15) is 17.5 Å². The Morgan fingerprint density at radius 2 is 1.65 bits per heavy atom. The highest BCUT2D eigenvalue weighted by Crippen LogP contribution is 2.36. The number of carbonyl (C=O) groups excluding carboxylic acids is 2. The van der Waals surface area contributed by atoms with Crippen molar-refractivity contribution in [2.45, 2.75) is 37.3 Å². The molecule has 2 amide bonds. The second kappa shape index (κ2) is 10.6. The number of carbonyl (C=O) groups is 2. The average Bonchev–Trinajstić information content (AvgIpc) is 2.82. The first kappa shape index (κ1) is 25.7. The van der Waals surface area contributed by atoms with Gasteiger partial charge in [-0.05, 0) is 43.5 Å². The molecule has 0 spiro atoms. The number of para-hydroxylation sites is 1. The highest BCUT2D eigenvalue weighted by atomic mass is 32.2. The topological polar surface area (TPSA) is 95.6 Å². The zero-order valence-corrected chi connectivity index (χ0v) is 19.4. The number of benzene rings is 2. The summed E-state index contributed by atoms with van der Waals surface area (Å²) in [6.07, 6.45) is -3.76. The first-order valence-electron chi connectivity index (χ1n) is 10.9. The van der Waals surface area contributed by atoms with Crippen molar-refractivity contribution in [1.29, 1.82) is 0 Å². The third-order valence-electron chi connectivity index (χ3n) is 5.60. The number of piperidine rings is 1. The summed E-state index contributed by atoms with van der Waals surface area (Å²) in [5.74, 6) is -1.23. The summed E-state index contributed by atoms with van der Waals surface area (Å²) in [5.41, 5.74) is -0.559. The summed E-state index contributed by atoms with van der Waals surface area (Å²) < 4.78 is 66.7. The molecule has 1 aliphatic heterocycles. The molecule has 0 aliphatic carbocycles. The number of nitrogens with zero attached hydrogens (tertiary/aromatic N) is 1. The number of anilines is 1. The molecule has 2 N–H and O–H groups in total. The van der Waals surface area contributed by atoms with Crippen LogP contribution in [0.3, 0.4) is 0 Å². The average molecular weight is 498 g/mol. The zero-order valence-electron chi connectivity index (χ0n) is 18.6. The lowest BCUT2D eigenvalue weighted by Gasteiger charge is -2.31. The first-order valence-corrected chi connectivity index (χ1v) is 12.3. The molecule has 0 bridgehead atoms. The molecule has 0 saturated carbocycles. The van der Waals surface area contributed by atoms with Gasteiger partial charge in [0.15, 0.2) is 0 Å². The Labute approximate surface area is 196 Å². The lowest BCUT2D eigenvalue weighted by atomic mass is 9.97. The molecule has 0 radical (unpaired) electrons. The number of halogens is 3. The number of sulfonamides is 1. The monoisotopic (exact) mass is 497 g/mol. The van der Waals surface area contributed by atoms with Gasteiger partial charge in [0.2, 0.25) is 15.9 Å². The molecule has 34 heavy (non-hydrogen) atoms. The van der Waals surface area contributed by atoms with E-state index in [2.05, 4.69) is 10.6 Å². The summed E-state index contributed by atoms with van der Waals surface area (Å²) in [4.78, 5) is 24.4. The molecule has 2 aromatic rings. The summed E-state index contributed by atoms with van der Waals surface area (Å²) in [6, 6.07) is 10.6. The van der Waals surface area contributed by atoms with Crippen molar-refractivity contribution < 1.29 is 31.2 Å². The van der Waals surface area contributed by atoms with Crippen LogP contribution in [0.25, 0.3) is 0 Å². The van der Waals surface area contributed by atoms with Crippen LogP contribution >= 0.6 is 0 Å². The van der Waals surface area contributed by atoms with Gasteiger partial charge in [0, 0.05) is 25.6 Å². The van der Waals surface area contributed by atoms with E-state index in [4.69, 9.17) is 0 Å². The van der Waals surface area contributed by atoms with E-state index in [1.165, 1.54) is 6.07 Å². The van der Waals surface area contributed by atoms with Gasteiger partial charge in [-0.1, -0.05) is 31.2 Å². The molecule has 1 fully saturated rings. The van der Waals surface area contributed by atoms with Crippen molar-refractivity contribution in [2.24, 2.45) is 5.92 Å². The van der Waals surface area contributed by atoms with Gasteiger partial charge in [-0.25, -0.2) is 8.42 Å². The molecule has 0 unspecified atom stereocenters. The maximum Gasteiger partial charge on any atom is 0.417 e. The predicted molar refractivity (Wildman–Crippen MR) is 121 cm³/mol. The van der Waals surface area contributed by atoms with Crippen LogP contribution in [-0.4, -0.2) is 44.2 Å². The van der Waals surface area contributed by atoms with Crippen LogP contribution in [0.15, 0.2) is 53.4 Å². The van der Waals surface area contributed by atoms with Gasteiger partial charge >= 0.3 is 6.18 Å². The predicted octanol–water partition coefficient (Wildman–Crippen LogP) is 3.88. The van der Waals surface area contributed by atoms with Crippen LogP contribution in [0.4, 0.5) is 18.9 Å². The van der Waals surface area contributed by atoms with Crippen molar-refractivity contribution in [3.63, 3.8) is 0 Å². The van der Waals surface area contributed by atoms with Crippen LogP contribution in [0.5, 0.6) is 0 Å². The molecular weight excluding hydrogens is 471 g/mol. The smallest absolute Gasteiger partial charge is 0.352 e. The zero-order chi connectivity index (χ0) is 24.9. The van der Waals surface area contributed by atoms with E-state index in [1.54, 1.807) is 24.3 Å². The maximum absolute atomic E-state index is 13.3. The first-order chi connectivity index (χ1) is 16.1. The number of amides is 2. The van der Waals surface area contributed by atoms with Gasteiger partial charge in [0.05, 0.1) is 21.7 Å². The Morgan fingerprint density at radius 1 is 1.03 bits per heavy atom. The van der Waals surface area contributed by atoms with E-state index >= 15 is 0 Å². The third kappa shape index (κ3) is 5.76. The summed E-state index contributed by atoms with van der Waals surface area (Å²) >= 11 is 0. The molecule has 7 nitrogen and oxygen atoms in total. The summed E-state index contributed by atoms with van der Waals surface area (Å²) in [6.45, 7) is 2.23. The second-order valence-electron chi connectivity index (χ2n) is 7.96. The lowest BCUT2D eigenvalue weighted by Crippen LogP contribution is -2.42. The van der Waals surface area contributed by atoms with E-state index in [0.717, 1.165) is 28.9 Å². The number of rotatable bonds is 7. The molecule has 0 atom stereocenters.